The van der Waals surface area contributed by atoms with Crippen LogP contribution in [0.3, 0.4) is 0 Å². The SMILES string of the molecule is Fc1ccc(OC2CCOC3(CCCC3)C2)c(CCl)c1. The second kappa shape index (κ2) is 5.90. The zero-order chi connectivity index (χ0) is 14.0. The molecule has 1 saturated heterocycles. The molecule has 20 heavy (non-hydrogen) atoms. The van der Waals surface area contributed by atoms with Crippen molar-refractivity contribution in [2.75, 3.05) is 6.61 Å². The third-order valence-corrected chi connectivity index (χ3v) is 4.71. The first-order valence-corrected chi connectivity index (χ1v) is 7.89. The Morgan fingerprint density at radius 3 is 2.90 bits per heavy atom. The fraction of sp³-hybridized carbons (Fsp3) is 0.625. The molecule has 0 radical (unpaired) electrons. The van der Waals surface area contributed by atoms with Gasteiger partial charge in [-0.3, -0.25) is 0 Å². The summed E-state index contributed by atoms with van der Waals surface area (Å²) in [5.74, 6) is 0.704. The van der Waals surface area contributed by atoms with Crippen molar-refractivity contribution in [2.45, 2.75) is 56.1 Å². The van der Waals surface area contributed by atoms with Gasteiger partial charge in [-0.15, -0.1) is 11.6 Å². The molecule has 2 nitrogen and oxygen atoms in total. The maximum Gasteiger partial charge on any atom is 0.124 e. The molecule has 1 heterocycles. The topological polar surface area (TPSA) is 18.5 Å². The number of ether oxygens (including phenoxy) is 2. The second-order valence-corrected chi connectivity index (χ2v) is 6.12. The lowest BCUT2D eigenvalue weighted by Gasteiger charge is -2.38. The van der Waals surface area contributed by atoms with Crippen molar-refractivity contribution in [3.8, 4) is 5.75 Å². The lowest BCUT2D eigenvalue weighted by atomic mass is 9.90. The van der Waals surface area contributed by atoms with Crippen LogP contribution in [-0.2, 0) is 10.6 Å². The average Bonchev–Trinajstić information content (AvgIpc) is 2.89. The van der Waals surface area contributed by atoms with Gasteiger partial charge in [0.15, 0.2) is 0 Å². The Bertz CT molecular complexity index is 472. The van der Waals surface area contributed by atoms with Gasteiger partial charge in [0.05, 0.1) is 18.1 Å². The van der Waals surface area contributed by atoms with Crippen molar-refractivity contribution in [1.82, 2.24) is 0 Å². The zero-order valence-electron chi connectivity index (χ0n) is 11.5. The molecule has 1 aromatic carbocycles. The molecule has 1 atom stereocenters. The molecule has 0 N–H and O–H groups in total. The van der Waals surface area contributed by atoms with E-state index >= 15 is 0 Å². The minimum absolute atomic E-state index is 0.0318. The molecule has 0 aromatic heterocycles. The van der Waals surface area contributed by atoms with E-state index in [1.54, 1.807) is 6.07 Å². The molecule has 1 saturated carbocycles. The van der Waals surface area contributed by atoms with Crippen molar-refractivity contribution >= 4 is 11.6 Å². The van der Waals surface area contributed by atoms with Crippen LogP contribution in [0.2, 0.25) is 0 Å². The van der Waals surface area contributed by atoms with Gasteiger partial charge in [0.25, 0.3) is 0 Å². The maximum absolute atomic E-state index is 13.2. The van der Waals surface area contributed by atoms with E-state index in [2.05, 4.69) is 0 Å². The van der Waals surface area contributed by atoms with Gasteiger partial charge < -0.3 is 9.47 Å². The molecule has 1 unspecified atom stereocenters. The molecule has 1 spiro atoms. The van der Waals surface area contributed by atoms with E-state index in [4.69, 9.17) is 21.1 Å². The summed E-state index contributed by atoms with van der Waals surface area (Å²) in [6, 6.07) is 4.56. The van der Waals surface area contributed by atoms with E-state index in [0.29, 0.717) is 5.75 Å². The van der Waals surface area contributed by atoms with Crippen LogP contribution in [0.1, 0.15) is 44.1 Å². The standard InChI is InChI=1S/C16H20ClFO2/c17-11-12-9-13(18)3-4-15(12)20-14-5-8-19-16(10-14)6-1-2-7-16/h3-4,9,14H,1-2,5-8,10-11H2. The Balaban J connectivity index is 1.71. The summed E-state index contributed by atoms with van der Waals surface area (Å²) in [4.78, 5) is 0. The summed E-state index contributed by atoms with van der Waals surface area (Å²) in [5.41, 5.74) is 0.753. The van der Waals surface area contributed by atoms with Crippen LogP contribution in [0, 0.1) is 5.82 Å². The Morgan fingerprint density at radius 1 is 1.35 bits per heavy atom. The Morgan fingerprint density at radius 2 is 2.15 bits per heavy atom. The summed E-state index contributed by atoms with van der Waals surface area (Å²) < 4.78 is 25.3. The van der Waals surface area contributed by atoms with Gasteiger partial charge in [-0.2, -0.15) is 0 Å². The molecule has 2 aliphatic rings. The maximum atomic E-state index is 13.2. The van der Waals surface area contributed by atoms with Crippen LogP contribution in [-0.4, -0.2) is 18.3 Å². The summed E-state index contributed by atoms with van der Waals surface area (Å²) in [5, 5.41) is 0. The van der Waals surface area contributed by atoms with Crippen molar-refractivity contribution < 1.29 is 13.9 Å². The second-order valence-electron chi connectivity index (χ2n) is 5.86. The Labute approximate surface area is 124 Å². The van der Waals surface area contributed by atoms with Gasteiger partial charge in [0, 0.05) is 18.4 Å². The molecule has 1 aromatic rings. The highest BCUT2D eigenvalue weighted by atomic mass is 35.5. The van der Waals surface area contributed by atoms with E-state index < -0.39 is 0 Å². The number of benzene rings is 1. The number of rotatable bonds is 3. The molecule has 110 valence electrons. The molecule has 2 fully saturated rings. The van der Waals surface area contributed by atoms with Crippen molar-refractivity contribution in [2.24, 2.45) is 0 Å². The minimum Gasteiger partial charge on any atom is -0.490 e. The van der Waals surface area contributed by atoms with E-state index in [0.717, 1.165) is 37.9 Å². The fourth-order valence-corrected chi connectivity index (χ4v) is 3.61. The molecule has 4 heteroatoms. The molecule has 0 bridgehead atoms. The number of halogens is 2. The van der Waals surface area contributed by atoms with Gasteiger partial charge >= 0.3 is 0 Å². The van der Waals surface area contributed by atoms with E-state index in [9.17, 15) is 4.39 Å². The van der Waals surface area contributed by atoms with Crippen LogP contribution in [0.5, 0.6) is 5.75 Å². The predicted molar refractivity (Wildman–Crippen MR) is 76.8 cm³/mol. The van der Waals surface area contributed by atoms with Crippen LogP contribution in [0.25, 0.3) is 0 Å². The van der Waals surface area contributed by atoms with Gasteiger partial charge in [0.2, 0.25) is 0 Å². The molecule has 1 aliphatic carbocycles. The van der Waals surface area contributed by atoms with Crippen molar-refractivity contribution in [3.63, 3.8) is 0 Å². The van der Waals surface area contributed by atoms with E-state index in [1.807, 2.05) is 0 Å². The fourth-order valence-electron chi connectivity index (χ4n) is 3.40. The van der Waals surface area contributed by atoms with Crippen LogP contribution in [0.15, 0.2) is 18.2 Å². The normalized spacial score (nSPS) is 25.0. The van der Waals surface area contributed by atoms with E-state index in [1.165, 1.54) is 25.0 Å². The Kier molecular flexibility index (Phi) is 4.18. The number of alkyl halides is 1. The Hall–Kier alpha value is -0.800. The van der Waals surface area contributed by atoms with Crippen molar-refractivity contribution in [3.05, 3.63) is 29.6 Å². The predicted octanol–water partition coefficient (Wildman–Crippen LogP) is 4.44. The van der Waals surface area contributed by atoms with E-state index in [-0.39, 0.29) is 23.4 Å². The average molecular weight is 299 g/mol. The van der Waals surface area contributed by atoms with Gasteiger partial charge in [-0.25, -0.2) is 4.39 Å². The molecular weight excluding hydrogens is 279 g/mol. The highest BCUT2D eigenvalue weighted by molar-refractivity contribution is 6.17. The summed E-state index contributed by atoms with van der Waals surface area (Å²) in [6.45, 7) is 0.752. The van der Waals surface area contributed by atoms with Crippen LogP contribution < -0.4 is 4.74 Å². The minimum atomic E-state index is -0.271. The number of hydrogen-bond donors (Lipinski definition) is 0. The highest BCUT2D eigenvalue weighted by Crippen LogP contribution is 2.41. The smallest absolute Gasteiger partial charge is 0.124 e. The van der Waals surface area contributed by atoms with Crippen LogP contribution in [0.4, 0.5) is 4.39 Å². The lowest BCUT2D eigenvalue weighted by molar-refractivity contribution is -0.108. The number of hydrogen-bond acceptors (Lipinski definition) is 2. The van der Waals surface area contributed by atoms with Crippen molar-refractivity contribution in [1.29, 1.82) is 0 Å². The molecule has 1 aliphatic heterocycles. The third-order valence-electron chi connectivity index (χ3n) is 4.42. The van der Waals surface area contributed by atoms with Gasteiger partial charge in [-0.1, -0.05) is 12.8 Å². The van der Waals surface area contributed by atoms with Gasteiger partial charge in [0.1, 0.15) is 17.7 Å². The zero-order valence-corrected chi connectivity index (χ0v) is 12.3. The summed E-state index contributed by atoms with van der Waals surface area (Å²) in [7, 11) is 0. The quantitative estimate of drug-likeness (QED) is 0.768. The first kappa shape index (κ1) is 14.2. The first-order valence-electron chi connectivity index (χ1n) is 7.36. The first-order chi connectivity index (χ1) is 9.71. The van der Waals surface area contributed by atoms with Crippen LogP contribution >= 0.6 is 11.6 Å². The summed E-state index contributed by atoms with van der Waals surface area (Å²) in [6.07, 6.45) is 6.74. The lowest BCUT2D eigenvalue weighted by Crippen LogP contribution is -2.41. The largest absolute Gasteiger partial charge is 0.490 e. The molecule has 3 rings (SSSR count). The molecular formula is C16H20ClFO2. The summed E-state index contributed by atoms with van der Waals surface area (Å²) >= 11 is 5.87. The molecule has 0 amide bonds. The van der Waals surface area contributed by atoms with Gasteiger partial charge in [-0.05, 0) is 31.0 Å². The highest BCUT2D eigenvalue weighted by Gasteiger charge is 2.40. The third kappa shape index (κ3) is 2.94. The monoisotopic (exact) mass is 298 g/mol.